The maximum Gasteiger partial charge on any atom is 0.115 e. The van der Waals surface area contributed by atoms with Crippen LogP contribution in [0.3, 0.4) is 0 Å². The van der Waals surface area contributed by atoms with Crippen LogP contribution in [0.1, 0.15) is 38.3 Å². The van der Waals surface area contributed by atoms with Gasteiger partial charge in [0.25, 0.3) is 0 Å². The number of rotatable bonds is 2. The van der Waals surface area contributed by atoms with Crippen LogP contribution < -0.4 is 0 Å². The fraction of sp³-hybridized carbons (Fsp3) is 0.556. The number of fused-ring (bicyclic) bond motifs is 4. The van der Waals surface area contributed by atoms with Gasteiger partial charge in [0.1, 0.15) is 5.75 Å². The van der Waals surface area contributed by atoms with Crippen molar-refractivity contribution in [2.45, 2.75) is 45.1 Å². The van der Waals surface area contributed by atoms with Crippen molar-refractivity contribution in [3.8, 4) is 5.75 Å². The van der Waals surface area contributed by atoms with Gasteiger partial charge in [-0.3, -0.25) is 4.90 Å². The van der Waals surface area contributed by atoms with Gasteiger partial charge < -0.3 is 5.11 Å². The lowest BCUT2D eigenvalue weighted by Gasteiger charge is -2.54. The first-order valence-corrected chi connectivity index (χ1v) is 7.74. The van der Waals surface area contributed by atoms with Crippen molar-refractivity contribution in [2.24, 2.45) is 5.92 Å². The predicted molar refractivity (Wildman–Crippen MR) is 83.1 cm³/mol. The number of phenolic OH excluding ortho intramolecular Hbond substituents is 1. The quantitative estimate of drug-likeness (QED) is 0.832. The number of benzene rings is 1. The molecule has 2 bridgehead atoms. The molecule has 0 unspecified atom stereocenters. The van der Waals surface area contributed by atoms with E-state index in [1.807, 2.05) is 12.1 Å². The molecule has 0 saturated carbocycles. The highest BCUT2D eigenvalue weighted by Crippen LogP contribution is 2.49. The van der Waals surface area contributed by atoms with Crippen molar-refractivity contribution in [2.75, 3.05) is 13.1 Å². The minimum absolute atomic E-state index is 0.212. The van der Waals surface area contributed by atoms with Crippen LogP contribution in [0.15, 0.2) is 30.4 Å². The standard InChI is InChI=1S/C18H25NO/c1-4-5-9-19-10-8-18(3)13(2)17(19)11-14-6-7-15(20)12-16(14)18/h4-7,12-13,17,20H,8-11H2,1-3H3/b5-4-/t13-,17+,18-/m1/s1. The normalized spacial score (nSPS) is 33.4. The molecule has 2 heteroatoms. The summed E-state index contributed by atoms with van der Waals surface area (Å²) >= 11 is 0. The monoisotopic (exact) mass is 271 g/mol. The smallest absolute Gasteiger partial charge is 0.115 e. The molecular formula is C18H25NO. The Labute approximate surface area is 122 Å². The van der Waals surface area contributed by atoms with E-state index in [0.29, 0.717) is 17.7 Å². The van der Waals surface area contributed by atoms with Crippen LogP contribution in [0.5, 0.6) is 5.75 Å². The molecule has 2 nitrogen and oxygen atoms in total. The van der Waals surface area contributed by atoms with Crippen molar-refractivity contribution in [3.63, 3.8) is 0 Å². The first-order chi connectivity index (χ1) is 9.56. The minimum atomic E-state index is 0.212. The van der Waals surface area contributed by atoms with E-state index < -0.39 is 0 Å². The van der Waals surface area contributed by atoms with Crippen molar-refractivity contribution < 1.29 is 5.11 Å². The molecule has 3 atom stereocenters. The fourth-order valence-corrected chi connectivity index (χ4v) is 4.16. The van der Waals surface area contributed by atoms with Gasteiger partial charge in [0, 0.05) is 12.6 Å². The van der Waals surface area contributed by atoms with Gasteiger partial charge in [-0.1, -0.05) is 32.1 Å². The Kier molecular flexibility index (Phi) is 3.37. The lowest BCUT2D eigenvalue weighted by molar-refractivity contribution is 0.0397. The van der Waals surface area contributed by atoms with Crippen LogP contribution in [0, 0.1) is 5.92 Å². The maximum atomic E-state index is 9.83. The zero-order valence-electron chi connectivity index (χ0n) is 12.8. The van der Waals surface area contributed by atoms with Crippen molar-refractivity contribution in [1.29, 1.82) is 0 Å². The summed E-state index contributed by atoms with van der Waals surface area (Å²) in [7, 11) is 0. The number of nitrogens with zero attached hydrogens (tertiary/aromatic N) is 1. The average Bonchev–Trinajstić information content (AvgIpc) is 2.43. The van der Waals surface area contributed by atoms with Gasteiger partial charge in [-0.25, -0.2) is 0 Å². The van der Waals surface area contributed by atoms with Crippen LogP contribution in [0.25, 0.3) is 0 Å². The molecule has 1 N–H and O–H groups in total. The topological polar surface area (TPSA) is 23.5 Å². The van der Waals surface area contributed by atoms with Crippen LogP contribution >= 0.6 is 0 Å². The van der Waals surface area contributed by atoms with Gasteiger partial charge in [-0.05, 0) is 60.9 Å². The van der Waals surface area contributed by atoms with Crippen molar-refractivity contribution in [1.82, 2.24) is 4.90 Å². The second kappa shape index (κ2) is 4.92. The molecule has 0 amide bonds. The lowest BCUT2D eigenvalue weighted by atomic mass is 9.59. The van der Waals surface area contributed by atoms with Gasteiger partial charge >= 0.3 is 0 Å². The van der Waals surface area contributed by atoms with E-state index in [-0.39, 0.29) is 5.41 Å². The van der Waals surface area contributed by atoms with Gasteiger partial charge in [0.2, 0.25) is 0 Å². The molecule has 0 radical (unpaired) electrons. The molecule has 1 heterocycles. The second-order valence-electron chi connectivity index (χ2n) is 6.63. The number of hydrogen-bond acceptors (Lipinski definition) is 2. The maximum absolute atomic E-state index is 9.83. The molecule has 1 fully saturated rings. The minimum Gasteiger partial charge on any atom is -0.508 e. The Bertz CT molecular complexity index is 536. The first kappa shape index (κ1) is 13.7. The molecule has 3 rings (SSSR count). The molecule has 0 aromatic heterocycles. The van der Waals surface area contributed by atoms with E-state index in [0.717, 1.165) is 19.5 Å². The molecule has 2 aliphatic rings. The molecular weight excluding hydrogens is 246 g/mol. The molecule has 1 aromatic rings. The third-order valence-corrected chi connectivity index (χ3v) is 5.68. The SMILES string of the molecule is C/C=C\CN1CC[C@@]2(C)c3cc(O)ccc3C[C@H]1[C@H]2C. The largest absolute Gasteiger partial charge is 0.508 e. The van der Waals surface area contributed by atoms with E-state index in [2.05, 4.69) is 43.9 Å². The van der Waals surface area contributed by atoms with E-state index >= 15 is 0 Å². The van der Waals surface area contributed by atoms with E-state index in [1.165, 1.54) is 17.5 Å². The highest BCUT2D eigenvalue weighted by atomic mass is 16.3. The number of allylic oxidation sites excluding steroid dienone is 1. The zero-order chi connectivity index (χ0) is 14.3. The summed E-state index contributed by atoms with van der Waals surface area (Å²) in [6.07, 6.45) is 6.71. The summed E-state index contributed by atoms with van der Waals surface area (Å²) in [6.45, 7) is 9.09. The van der Waals surface area contributed by atoms with Gasteiger partial charge in [0.05, 0.1) is 0 Å². The Balaban J connectivity index is 1.99. The molecule has 1 aliphatic heterocycles. The van der Waals surface area contributed by atoms with E-state index in [4.69, 9.17) is 0 Å². The fourth-order valence-electron chi connectivity index (χ4n) is 4.16. The van der Waals surface area contributed by atoms with Gasteiger partial charge in [-0.2, -0.15) is 0 Å². The Morgan fingerprint density at radius 1 is 1.45 bits per heavy atom. The molecule has 108 valence electrons. The number of piperidine rings is 1. The third-order valence-electron chi connectivity index (χ3n) is 5.68. The summed E-state index contributed by atoms with van der Waals surface area (Å²) in [5.41, 5.74) is 3.02. The lowest BCUT2D eigenvalue weighted by Crippen LogP contribution is -2.57. The van der Waals surface area contributed by atoms with Crippen LogP contribution in [-0.4, -0.2) is 29.1 Å². The Hall–Kier alpha value is -1.28. The number of phenols is 1. The molecule has 1 saturated heterocycles. The highest BCUT2D eigenvalue weighted by Gasteiger charge is 2.48. The van der Waals surface area contributed by atoms with Crippen LogP contribution in [-0.2, 0) is 11.8 Å². The second-order valence-corrected chi connectivity index (χ2v) is 6.63. The molecule has 20 heavy (non-hydrogen) atoms. The third kappa shape index (κ3) is 1.98. The van der Waals surface area contributed by atoms with Gasteiger partial charge in [0.15, 0.2) is 0 Å². The molecule has 0 spiro atoms. The summed E-state index contributed by atoms with van der Waals surface area (Å²) in [4.78, 5) is 2.63. The highest BCUT2D eigenvalue weighted by molar-refractivity contribution is 5.44. The summed E-state index contributed by atoms with van der Waals surface area (Å²) in [5.74, 6) is 1.04. The Morgan fingerprint density at radius 3 is 3.00 bits per heavy atom. The number of likely N-dealkylation sites (tertiary alicyclic amines) is 1. The van der Waals surface area contributed by atoms with Crippen LogP contribution in [0.4, 0.5) is 0 Å². The summed E-state index contributed by atoms with van der Waals surface area (Å²) in [5, 5.41) is 9.83. The predicted octanol–water partition coefficient (Wildman–Crippen LogP) is 3.49. The van der Waals surface area contributed by atoms with E-state index in [1.54, 1.807) is 0 Å². The van der Waals surface area contributed by atoms with Crippen molar-refractivity contribution in [3.05, 3.63) is 41.5 Å². The average molecular weight is 271 g/mol. The van der Waals surface area contributed by atoms with Crippen LogP contribution in [0.2, 0.25) is 0 Å². The number of hydrogen-bond donors (Lipinski definition) is 1. The summed E-state index contributed by atoms with van der Waals surface area (Å²) < 4.78 is 0. The van der Waals surface area contributed by atoms with E-state index in [9.17, 15) is 5.11 Å². The van der Waals surface area contributed by atoms with Gasteiger partial charge in [-0.15, -0.1) is 0 Å². The van der Waals surface area contributed by atoms with Crippen molar-refractivity contribution >= 4 is 0 Å². The number of aromatic hydroxyl groups is 1. The summed E-state index contributed by atoms with van der Waals surface area (Å²) in [6, 6.07) is 6.59. The molecule has 1 aromatic carbocycles. The Morgan fingerprint density at radius 2 is 2.25 bits per heavy atom. The first-order valence-electron chi connectivity index (χ1n) is 7.74. The zero-order valence-corrected chi connectivity index (χ0v) is 12.8. The molecule has 1 aliphatic carbocycles.